The lowest BCUT2D eigenvalue weighted by Gasteiger charge is -2.40. The summed E-state index contributed by atoms with van der Waals surface area (Å²) in [5.74, 6) is 0. The predicted molar refractivity (Wildman–Crippen MR) is 65.9 cm³/mol. The first kappa shape index (κ1) is 11.1. The van der Waals surface area contributed by atoms with Crippen LogP contribution in [0.5, 0.6) is 0 Å². The summed E-state index contributed by atoms with van der Waals surface area (Å²) < 4.78 is 5.96. The first-order valence-corrected chi connectivity index (χ1v) is 6.68. The van der Waals surface area contributed by atoms with Crippen LogP contribution in [0.25, 0.3) is 0 Å². The Hall–Kier alpha value is 0.610. The van der Waals surface area contributed by atoms with Gasteiger partial charge in [0.15, 0.2) is 0 Å². The van der Waals surface area contributed by atoms with Crippen LogP contribution in [-0.4, -0.2) is 59.8 Å². The molecule has 0 aliphatic carbocycles. The van der Waals surface area contributed by atoms with E-state index in [-0.39, 0.29) is 0 Å². The minimum atomic E-state index is 0.404. The normalized spacial score (nSPS) is 33.4. The maximum Gasteiger partial charge on any atom is 0.121 e. The molecule has 2 saturated heterocycles. The maximum absolute atomic E-state index is 5.55. The number of ether oxygens (including phenoxy) is 1. The summed E-state index contributed by atoms with van der Waals surface area (Å²) in [5.41, 5.74) is 0. The quantitative estimate of drug-likeness (QED) is 0.534. The SMILES string of the molecule is CN1CCC(N2CCOC(I)C2)CC1. The van der Waals surface area contributed by atoms with Crippen molar-refractivity contribution in [3.05, 3.63) is 0 Å². The van der Waals surface area contributed by atoms with Gasteiger partial charge in [0.2, 0.25) is 0 Å². The van der Waals surface area contributed by atoms with Crippen molar-refractivity contribution in [1.82, 2.24) is 9.80 Å². The number of piperidine rings is 1. The topological polar surface area (TPSA) is 15.7 Å². The molecule has 0 saturated carbocycles. The molecule has 0 bridgehead atoms. The lowest BCUT2D eigenvalue weighted by molar-refractivity contribution is -0.00578. The minimum absolute atomic E-state index is 0.404. The minimum Gasteiger partial charge on any atom is -0.365 e. The largest absolute Gasteiger partial charge is 0.365 e. The van der Waals surface area contributed by atoms with E-state index in [0.29, 0.717) is 4.11 Å². The second-order valence-electron chi connectivity index (χ2n) is 4.31. The zero-order valence-corrected chi connectivity index (χ0v) is 10.9. The molecule has 0 aromatic rings. The second kappa shape index (κ2) is 5.09. The van der Waals surface area contributed by atoms with E-state index in [4.69, 9.17) is 4.74 Å². The van der Waals surface area contributed by atoms with Gasteiger partial charge in [-0.05, 0) is 55.6 Å². The van der Waals surface area contributed by atoms with Crippen molar-refractivity contribution in [1.29, 1.82) is 0 Å². The fourth-order valence-corrected chi connectivity index (χ4v) is 3.08. The number of hydrogen-bond acceptors (Lipinski definition) is 3. The average molecular weight is 310 g/mol. The molecule has 0 radical (unpaired) electrons. The van der Waals surface area contributed by atoms with Gasteiger partial charge in [0.25, 0.3) is 0 Å². The number of hydrogen-bond donors (Lipinski definition) is 0. The monoisotopic (exact) mass is 310 g/mol. The smallest absolute Gasteiger partial charge is 0.121 e. The molecule has 1 atom stereocenters. The maximum atomic E-state index is 5.55. The van der Waals surface area contributed by atoms with Crippen LogP contribution in [0.1, 0.15) is 12.8 Å². The van der Waals surface area contributed by atoms with E-state index >= 15 is 0 Å². The molecule has 0 aromatic heterocycles. The summed E-state index contributed by atoms with van der Waals surface area (Å²) in [7, 11) is 2.22. The van der Waals surface area contributed by atoms with Gasteiger partial charge in [-0.15, -0.1) is 0 Å². The second-order valence-corrected chi connectivity index (χ2v) is 5.70. The van der Waals surface area contributed by atoms with Gasteiger partial charge in [-0.2, -0.15) is 0 Å². The fraction of sp³-hybridized carbons (Fsp3) is 1.00. The Morgan fingerprint density at radius 1 is 1.21 bits per heavy atom. The van der Waals surface area contributed by atoms with Crippen molar-refractivity contribution in [2.45, 2.75) is 23.0 Å². The molecule has 4 heteroatoms. The molecule has 2 rings (SSSR count). The summed E-state index contributed by atoms with van der Waals surface area (Å²) in [5, 5.41) is 0. The van der Waals surface area contributed by atoms with Crippen molar-refractivity contribution in [3.8, 4) is 0 Å². The van der Waals surface area contributed by atoms with E-state index in [2.05, 4.69) is 39.4 Å². The number of alkyl halides is 1. The third-order valence-electron chi connectivity index (χ3n) is 3.26. The molecule has 0 aromatic carbocycles. The van der Waals surface area contributed by atoms with Gasteiger partial charge in [0.05, 0.1) is 6.61 Å². The lowest BCUT2D eigenvalue weighted by Crippen LogP contribution is -2.49. The van der Waals surface area contributed by atoms with Crippen molar-refractivity contribution in [3.63, 3.8) is 0 Å². The summed E-state index contributed by atoms with van der Waals surface area (Å²) in [6.45, 7) is 5.69. The van der Waals surface area contributed by atoms with Gasteiger partial charge >= 0.3 is 0 Å². The van der Waals surface area contributed by atoms with Crippen LogP contribution in [0, 0.1) is 0 Å². The third-order valence-corrected chi connectivity index (χ3v) is 4.01. The Morgan fingerprint density at radius 2 is 1.93 bits per heavy atom. The van der Waals surface area contributed by atoms with Crippen molar-refractivity contribution in [2.75, 3.05) is 39.8 Å². The Kier molecular flexibility index (Phi) is 4.04. The molecule has 3 nitrogen and oxygen atoms in total. The van der Waals surface area contributed by atoms with Gasteiger partial charge < -0.3 is 9.64 Å². The van der Waals surface area contributed by atoms with Crippen LogP contribution in [-0.2, 0) is 4.74 Å². The van der Waals surface area contributed by atoms with E-state index in [1.54, 1.807) is 0 Å². The Labute approximate surface area is 99.9 Å². The Morgan fingerprint density at radius 3 is 2.57 bits per heavy atom. The highest BCUT2D eigenvalue weighted by Gasteiger charge is 2.27. The zero-order valence-electron chi connectivity index (χ0n) is 8.79. The van der Waals surface area contributed by atoms with Gasteiger partial charge in [0.1, 0.15) is 4.11 Å². The van der Waals surface area contributed by atoms with Crippen molar-refractivity contribution in [2.24, 2.45) is 0 Å². The average Bonchev–Trinajstić information content (AvgIpc) is 2.19. The van der Waals surface area contributed by atoms with Crippen LogP contribution in [0.15, 0.2) is 0 Å². The first-order chi connectivity index (χ1) is 6.75. The highest BCUT2D eigenvalue weighted by Crippen LogP contribution is 2.20. The fourth-order valence-electron chi connectivity index (χ4n) is 2.32. The number of nitrogens with zero attached hydrogens (tertiary/aromatic N) is 2. The van der Waals surface area contributed by atoms with E-state index in [0.717, 1.165) is 25.7 Å². The molecule has 0 amide bonds. The molecule has 82 valence electrons. The predicted octanol–water partition coefficient (Wildman–Crippen LogP) is 1.17. The highest BCUT2D eigenvalue weighted by atomic mass is 127. The van der Waals surface area contributed by atoms with Crippen molar-refractivity contribution >= 4 is 22.6 Å². The highest BCUT2D eigenvalue weighted by molar-refractivity contribution is 14.1. The van der Waals surface area contributed by atoms with Crippen molar-refractivity contribution < 1.29 is 4.74 Å². The summed E-state index contributed by atoms with van der Waals surface area (Å²) in [6.07, 6.45) is 2.67. The third kappa shape index (κ3) is 2.81. The lowest BCUT2D eigenvalue weighted by atomic mass is 10.0. The molecular weight excluding hydrogens is 291 g/mol. The number of morpholine rings is 1. The summed E-state index contributed by atoms with van der Waals surface area (Å²) >= 11 is 2.40. The molecule has 0 N–H and O–H groups in total. The molecule has 2 aliphatic rings. The van der Waals surface area contributed by atoms with Crippen LogP contribution >= 0.6 is 22.6 Å². The van der Waals surface area contributed by atoms with Gasteiger partial charge in [-0.1, -0.05) is 0 Å². The Balaban J connectivity index is 1.82. The molecule has 2 heterocycles. The summed E-state index contributed by atoms with van der Waals surface area (Å²) in [4.78, 5) is 5.05. The zero-order chi connectivity index (χ0) is 9.97. The van der Waals surface area contributed by atoms with Gasteiger partial charge in [-0.3, -0.25) is 4.90 Å². The number of halogens is 1. The van der Waals surface area contributed by atoms with E-state index in [1.807, 2.05) is 0 Å². The molecule has 2 aliphatic heterocycles. The molecule has 0 spiro atoms. The van der Waals surface area contributed by atoms with Crippen LogP contribution in [0.4, 0.5) is 0 Å². The molecular formula is C10H19IN2O. The molecule has 2 fully saturated rings. The molecule has 14 heavy (non-hydrogen) atoms. The number of likely N-dealkylation sites (tertiary alicyclic amines) is 1. The van der Waals surface area contributed by atoms with E-state index in [1.165, 1.54) is 25.9 Å². The molecule has 1 unspecified atom stereocenters. The number of rotatable bonds is 1. The van der Waals surface area contributed by atoms with Crippen LogP contribution in [0.2, 0.25) is 0 Å². The van der Waals surface area contributed by atoms with E-state index < -0.39 is 0 Å². The van der Waals surface area contributed by atoms with Crippen LogP contribution < -0.4 is 0 Å². The summed E-state index contributed by atoms with van der Waals surface area (Å²) in [6, 6.07) is 0.812. The Bertz CT molecular complexity index is 183. The van der Waals surface area contributed by atoms with Gasteiger partial charge in [0, 0.05) is 19.1 Å². The van der Waals surface area contributed by atoms with Crippen LogP contribution in [0.3, 0.4) is 0 Å². The van der Waals surface area contributed by atoms with Gasteiger partial charge in [-0.25, -0.2) is 0 Å². The standard InChI is InChI=1S/C10H19IN2O/c1-12-4-2-9(3-5-12)13-6-7-14-10(11)8-13/h9-10H,2-8H2,1H3. The first-order valence-electron chi connectivity index (χ1n) is 5.44. The van der Waals surface area contributed by atoms with E-state index in [9.17, 15) is 0 Å².